The fourth-order valence-electron chi connectivity index (χ4n) is 3.86. The first-order valence-electron chi connectivity index (χ1n) is 9.72. The van der Waals surface area contributed by atoms with E-state index in [1.807, 2.05) is 0 Å². The molecule has 0 aliphatic heterocycles. The number of nitro groups is 1. The van der Waals surface area contributed by atoms with Crippen molar-refractivity contribution < 1.29 is 24.0 Å². The summed E-state index contributed by atoms with van der Waals surface area (Å²) in [6, 6.07) is 16.8. The molecule has 4 aromatic rings. The van der Waals surface area contributed by atoms with E-state index in [1.165, 1.54) is 20.3 Å². The molecule has 0 fully saturated rings. The SMILES string of the molecule is COc1c(C(=O)Cl)cc2ccccc2c1NC(=O)c1cc2ccccc2c([N+](=O)[O-])c1OC. The summed E-state index contributed by atoms with van der Waals surface area (Å²) < 4.78 is 10.7. The van der Waals surface area contributed by atoms with Crippen LogP contribution in [0, 0.1) is 10.1 Å². The molecule has 0 heterocycles. The Hall–Kier alpha value is -4.17. The molecule has 4 aromatic carbocycles. The third kappa shape index (κ3) is 3.81. The molecule has 0 aliphatic rings. The van der Waals surface area contributed by atoms with Gasteiger partial charge in [-0.05, 0) is 40.6 Å². The van der Waals surface area contributed by atoms with Gasteiger partial charge in [-0.2, -0.15) is 0 Å². The zero-order chi connectivity index (χ0) is 23.7. The second-order valence-electron chi connectivity index (χ2n) is 7.07. The molecule has 0 radical (unpaired) electrons. The van der Waals surface area contributed by atoms with Gasteiger partial charge in [-0.3, -0.25) is 19.7 Å². The smallest absolute Gasteiger partial charge is 0.319 e. The number of nitrogens with zero attached hydrogens (tertiary/aromatic N) is 1. The van der Waals surface area contributed by atoms with Crippen molar-refractivity contribution in [1.82, 2.24) is 0 Å². The Morgan fingerprint density at radius 1 is 0.879 bits per heavy atom. The average molecular weight is 465 g/mol. The van der Waals surface area contributed by atoms with Gasteiger partial charge in [-0.1, -0.05) is 42.5 Å². The fourth-order valence-corrected chi connectivity index (χ4v) is 4.00. The van der Waals surface area contributed by atoms with E-state index in [4.69, 9.17) is 21.1 Å². The number of rotatable bonds is 6. The molecule has 0 atom stereocenters. The largest absolute Gasteiger partial charge is 0.494 e. The van der Waals surface area contributed by atoms with Gasteiger partial charge in [0.25, 0.3) is 11.1 Å². The standard InChI is InChI=1S/C24H17ClN2O6/c1-32-21-17(23(25)28)11-13-7-3-5-9-15(13)19(21)26-24(29)18-12-14-8-4-6-10-16(14)20(27(30)31)22(18)33-2/h3-12H,1-2H3,(H,26,29). The van der Waals surface area contributed by atoms with E-state index in [9.17, 15) is 19.7 Å². The minimum absolute atomic E-state index is 0.0448. The van der Waals surface area contributed by atoms with Gasteiger partial charge >= 0.3 is 5.69 Å². The molecule has 0 saturated heterocycles. The second-order valence-corrected chi connectivity index (χ2v) is 7.41. The zero-order valence-electron chi connectivity index (χ0n) is 17.5. The number of nitrogens with one attached hydrogen (secondary N) is 1. The van der Waals surface area contributed by atoms with Crippen LogP contribution < -0.4 is 14.8 Å². The quantitative estimate of drug-likeness (QED) is 0.228. The molecule has 0 aliphatic carbocycles. The monoisotopic (exact) mass is 464 g/mol. The van der Waals surface area contributed by atoms with Crippen LogP contribution in [0.1, 0.15) is 20.7 Å². The first-order chi connectivity index (χ1) is 15.9. The van der Waals surface area contributed by atoms with Crippen molar-refractivity contribution >= 4 is 55.7 Å². The summed E-state index contributed by atoms with van der Waals surface area (Å²) in [5.74, 6) is -0.774. The predicted octanol–water partition coefficient (Wildman–Crippen LogP) is 5.55. The van der Waals surface area contributed by atoms with Crippen molar-refractivity contribution in [1.29, 1.82) is 0 Å². The van der Waals surface area contributed by atoms with Crippen molar-refractivity contribution in [3.63, 3.8) is 0 Å². The highest BCUT2D eigenvalue weighted by atomic mass is 35.5. The lowest BCUT2D eigenvalue weighted by atomic mass is 10.0. The molecule has 0 aromatic heterocycles. The van der Waals surface area contributed by atoms with Gasteiger partial charge in [0.05, 0.1) is 41.3 Å². The molecule has 0 unspecified atom stereocenters. The number of hydrogen-bond acceptors (Lipinski definition) is 6. The highest BCUT2D eigenvalue weighted by Gasteiger charge is 2.28. The van der Waals surface area contributed by atoms with Gasteiger partial charge < -0.3 is 14.8 Å². The maximum atomic E-state index is 13.4. The van der Waals surface area contributed by atoms with E-state index >= 15 is 0 Å². The van der Waals surface area contributed by atoms with Gasteiger partial charge in [0.15, 0.2) is 5.75 Å². The molecule has 0 saturated carbocycles. The minimum atomic E-state index is -0.757. The Morgan fingerprint density at radius 2 is 1.42 bits per heavy atom. The highest BCUT2D eigenvalue weighted by Crippen LogP contribution is 2.41. The Labute approximate surface area is 192 Å². The van der Waals surface area contributed by atoms with Crippen LogP contribution in [-0.4, -0.2) is 30.3 Å². The number of halogens is 1. The summed E-state index contributed by atoms with van der Waals surface area (Å²) in [6.07, 6.45) is 0. The van der Waals surface area contributed by atoms with E-state index in [-0.39, 0.29) is 34.0 Å². The van der Waals surface area contributed by atoms with Crippen molar-refractivity contribution in [3.05, 3.63) is 81.9 Å². The number of carbonyl (C=O) groups excluding carboxylic acids is 2. The van der Waals surface area contributed by atoms with Gasteiger partial charge in [-0.15, -0.1) is 0 Å². The van der Waals surface area contributed by atoms with E-state index in [1.54, 1.807) is 54.6 Å². The number of hydrogen-bond donors (Lipinski definition) is 1. The Kier molecular flexibility index (Phi) is 5.85. The Morgan fingerprint density at radius 3 is 2.00 bits per heavy atom. The van der Waals surface area contributed by atoms with Crippen LogP contribution in [0.5, 0.6) is 11.5 Å². The zero-order valence-corrected chi connectivity index (χ0v) is 18.3. The van der Waals surface area contributed by atoms with Crippen molar-refractivity contribution in [3.8, 4) is 11.5 Å². The lowest BCUT2D eigenvalue weighted by molar-refractivity contribution is -0.384. The van der Waals surface area contributed by atoms with Crippen LogP contribution in [0.2, 0.25) is 0 Å². The van der Waals surface area contributed by atoms with Gasteiger partial charge in [-0.25, -0.2) is 0 Å². The molecule has 8 nitrogen and oxygen atoms in total. The molecule has 9 heteroatoms. The van der Waals surface area contributed by atoms with Crippen LogP contribution in [0.4, 0.5) is 11.4 Å². The third-order valence-electron chi connectivity index (χ3n) is 5.26. The summed E-state index contributed by atoms with van der Waals surface area (Å²) in [4.78, 5) is 36.7. The van der Waals surface area contributed by atoms with Crippen molar-refractivity contribution in [2.75, 3.05) is 19.5 Å². The normalized spacial score (nSPS) is 10.8. The van der Waals surface area contributed by atoms with E-state index in [0.29, 0.717) is 21.5 Å². The molecule has 0 spiro atoms. The lowest BCUT2D eigenvalue weighted by Crippen LogP contribution is -2.16. The minimum Gasteiger partial charge on any atom is -0.494 e. The maximum absolute atomic E-state index is 13.4. The van der Waals surface area contributed by atoms with Gasteiger partial charge in [0.2, 0.25) is 5.75 Å². The molecule has 1 N–H and O–H groups in total. The number of methoxy groups -OCH3 is 2. The molecule has 1 amide bonds. The van der Waals surface area contributed by atoms with Crippen LogP contribution in [0.25, 0.3) is 21.5 Å². The summed E-state index contributed by atoms with van der Waals surface area (Å²) in [6.45, 7) is 0. The van der Waals surface area contributed by atoms with Crippen molar-refractivity contribution in [2.24, 2.45) is 0 Å². The molecule has 33 heavy (non-hydrogen) atoms. The van der Waals surface area contributed by atoms with Gasteiger partial charge in [0, 0.05) is 5.39 Å². The summed E-state index contributed by atoms with van der Waals surface area (Å²) >= 11 is 5.76. The second kappa shape index (κ2) is 8.76. The topological polar surface area (TPSA) is 108 Å². The summed E-state index contributed by atoms with van der Waals surface area (Å²) in [5.41, 5.74) is -0.0778. The summed E-state index contributed by atoms with van der Waals surface area (Å²) in [5, 5.41) is 15.9. The van der Waals surface area contributed by atoms with Crippen LogP contribution in [0.15, 0.2) is 60.7 Å². The number of benzene rings is 4. The van der Waals surface area contributed by atoms with Crippen LogP contribution >= 0.6 is 11.6 Å². The predicted molar refractivity (Wildman–Crippen MR) is 126 cm³/mol. The van der Waals surface area contributed by atoms with Gasteiger partial charge in [0.1, 0.15) is 0 Å². The number of nitro benzene ring substituents is 1. The molecule has 0 bridgehead atoms. The Balaban J connectivity index is 1.94. The number of carbonyl (C=O) groups is 2. The van der Waals surface area contributed by atoms with Crippen molar-refractivity contribution in [2.45, 2.75) is 0 Å². The van der Waals surface area contributed by atoms with Crippen LogP contribution in [0.3, 0.4) is 0 Å². The highest BCUT2D eigenvalue weighted by molar-refractivity contribution is 6.68. The molecule has 166 valence electrons. The van der Waals surface area contributed by atoms with E-state index in [2.05, 4.69) is 5.32 Å². The Bertz CT molecular complexity index is 1450. The summed E-state index contributed by atoms with van der Waals surface area (Å²) in [7, 11) is 2.61. The van der Waals surface area contributed by atoms with E-state index in [0.717, 1.165) is 0 Å². The van der Waals surface area contributed by atoms with Crippen LogP contribution in [-0.2, 0) is 0 Å². The fraction of sp³-hybridized carbons (Fsp3) is 0.0833. The van der Waals surface area contributed by atoms with E-state index < -0.39 is 16.1 Å². The maximum Gasteiger partial charge on any atom is 0.319 e. The molecular formula is C24H17ClN2O6. The lowest BCUT2D eigenvalue weighted by Gasteiger charge is -2.17. The number of ether oxygens (including phenoxy) is 2. The average Bonchev–Trinajstić information content (AvgIpc) is 2.82. The number of fused-ring (bicyclic) bond motifs is 2. The number of amides is 1. The number of anilines is 1. The third-order valence-corrected chi connectivity index (χ3v) is 5.47. The molecule has 4 rings (SSSR count). The first-order valence-corrected chi connectivity index (χ1v) is 10.1. The first kappa shape index (κ1) is 22.0. The molecular weight excluding hydrogens is 448 g/mol.